The Morgan fingerprint density at radius 2 is 1.79 bits per heavy atom. The Labute approximate surface area is 165 Å². The molecule has 4 heteroatoms. The van der Waals surface area contributed by atoms with Gasteiger partial charge in [-0.1, -0.05) is 44.2 Å². The number of nitrogens with zero attached hydrogens (tertiary/aromatic N) is 2. The van der Waals surface area contributed by atoms with Gasteiger partial charge in [-0.2, -0.15) is 0 Å². The number of hydrogen-bond donors (Lipinski definition) is 1. The fourth-order valence-electron chi connectivity index (χ4n) is 4.44. The molecule has 4 rings (SSSR count). The topological polar surface area (TPSA) is 55.1 Å². The molecule has 0 spiro atoms. The van der Waals surface area contributed by atoms with Crippen LogP contribution in [0.3, 0.4) is 0 Å². The van der Waals surface area contributed by atoms with Gasteiger partial charge in [-0.15, -0.1) is 0 Å². The molecule has 1 aliphatic carbocycles. The van der Waals surface area contributed by atoms with Crippen LogP contribution in [-0.2, 0) is 19.4 Å². The molecule has 0 bridgehead atoms. The molecule has 4 nitrogen and oxygen atoms in total. The number of rotatable bonds is 5. The zero-order chi connectivity index (χ0) is 19.7. The first-order valence-corrected chi connectivity index (χ1v) is 9.83. The molecule has 2 aromatic heterocycles. The minimum atomic E-state index is -0.0742. The third kappa shape index (κ3) is 3.40. The Hall–Kier alpha value is -2.72. The third-order valence-corrected chi connectivity index (χ3v) is 5.54. The van der Waals surface area contributed by atoms with Crippen LogP contribution in [-0.4, -0.2) is 27.0 Å². The van der Waals surface area contributed by atoms with Gasteiger partial charge in [0.2, 0.25) is 0 Å². The third-order valence-electron chi connectivity index (χ3n) is 5.54. The van der Waals surface area contributed by atoms with Crippen LogP contribution in [0.15, 0.2) is 54.9 Å². The number of aliphatic hydroxyl groups is 1. The van der Waals surface area contributed by atoms with E-state index in [1.165, 1.54) is 5.56 Å². The minimum absolute atomic E-state index is 0.0403. The van der Waals surface area contributed by atoms with Crippen molar-refractivity contribution in [3.05, 3.63) is 77.2 Å². The molecule has 0 atom stereocenters. The Kier molecular flexibility index (Phi) is 4.90. The lowest BCUT2D eigenvalue weighted by atomic mass is 9.75. The van der Waals surface area contributed by atoms with Crippen molar-refractivity contribution in [2.75, 3.05) is 6.61 Å². The van der Waals surface area contributed by atoms with E-state index in [1.807, 2.05) is 30.3 Å². The highest BCUT2D eigenvalue weighted by Gasteiger charge is 2.37. The minimum Gasteiger partial charge on any atom is -0.395 e. The van der Waals surface area contributed by atoms with E-state index >= 15 is 0 Å². The first-order valence-electron chi connectivity index (χ1n) is 9.83. The van der Waals surface area contributed by atoms with Gasteiger partial charge in [0.15, 0.2) is 5.78 Å². The second kappa shape index (κ2) is 7.36. The van der Waals surface area contributed by atoms with Crippen LogP contribution >= 0.6 is 0 Å². The second-order valence-electron chi connectivity index (χ2n) is 8.36. The number of Topliss-reactive ketones (excluding diaryl/α,β-unsaturated/α-hetero) is 1. The summed E-state index contributed by atoms with van der Waals surface area (Å²) < 4.78 is 2.17. The monoisotopic (exact) mass is 374 g/mol. The van der Waals surface area contributed by atoms with Crippen LogP contribution in [0.2, 0.25) is 0 Å². The first-order chi connectivity index (χ1) is 13.5. The molecule has 2 heterocycles. The van der Waals surface area contributed by atoms with Crippen molar-refractivity contribution in [2.45, 2.75) is 39.7 Å². The molecule has 3 aromatic rings. The van der Waals surface area contributed by atoms with Gasteiger partial charge in [0, 0.05) is 48.6 Å². The molecule has 0 aliphatic heterocycles. The van der Waals surface area contributed by atoms with Crippen LogP contribution in [0, 0.1) is 5.41 Å². The molecule has 0 saturated heterocycles. The van der Waals surface area contributed by atoms with Gasteiger partial charge < -0.3 is 9.67 Å². The number of benzene rings is 1. The van der Waals surface area contributed by atoms with E-state index < -0.39 is 0 Å². The average Bonchev–Trinajstić information content (AvgIpc) is 2.96. The van der Waals surface area contributed by atoms with Crippen molar-refractivity contribution in [3.63, 3.8) is 0 Å². The summed E-state index contributed by atoms with van der Waals surface area (Å²) in [5.41, 5.74) is 6.18. The zero-order valence-electron chi connectivity index (χ0n) is 16.5. The van der Waals surface area contributed by atoms with Gasteiger partial charge in [-0.3, -0.25) is 9.78 Å². The fourth-order valence-corrected chi connectivity index (χ4v) is 4.44. The van der Waals surface area contributed by atoms with Crippen molar-refractivity contribution >= 4 is 5.78 Å². The van der Waals surface area contributed by atoms with Gasteiger partial charge in [0.05, 0.1) is 12.3 Å². The van der Waals surface area contributed by atoms with Gasteiger partial charge in [0.25, 0.3) is 0 Å². The number of carbonyl (C=O) groups is 1. The van der Waals surface area contributed by atoms with E-state index in [-0.39, 0.29) is 17.8 Å². The molecular formula is C24H26N2O2. The number of pyridine rings is 1. The summed E-state index contributed by atoms with van der Waals surface area (Å²) in [5, 5.41) is 9.77. The first kappa shape index (κ1) is 18.6. The quantitative estimate of drug-likeness (QED) is 0.725. The predicted octanol–water partition coefficient (Wildman–Crippen LogP) is 4.29. The standard InChI is InChI=1S/C24H26N2O2/c1-24(2)15-20-22(21(28)16-24)19(14-17-6-4-3-5-7-17)23(26(20)12-13-27)18-8-10-25-11-9-18/h3-11,27H,12-16H2,1-2H3. The van der Waals surface area contributed by atoms with E-state index in [0.717, 1.165) is 34.5 Å². The lowest BCUT2D eigenvalue weighted by Crippen LogP contribution is -2.28. The van der Waals surface area contributed by atoms with Crippen LogP contribution in [0.25, 0.3) is 11.3 Å². The van der Waals surface area contributed by atoms with Crippen LogP contribution < -0.4 is 0 Å². The largest absolute Gasteiger partial charge is 0.395 e. The maximum absolute atomic E-state index is 13.2. The molecular weight excluding hydrogens is 348 g/mol. The predicted molar refractivity (Wildman–Crippen MR) is 110 cm³/mol. The van der Waals surface area contributed by atoms with Crippen molar-refractivity contribution in [2.24, 2.45) is 5.41 Å². The van der Waals surface area contributed by atoms with Crippen LogP contribution in [0.5, 0.6) is 0 Å². The number of ketones is 1. The number of aromatic nitrogens is 2. The number of hydrogen-bond acceptors (Lipinski definition) is 3. The van der Waals surface area contributed by atoms with E-state index in [2.05, 4.69) is 35.5 Å². The number of carbonyl (C=O) groups excluding carboxylic acids is 1. The van der Waals surface area contributed by atoms with Gasteiger partial charge in [0.1, 0.15) is 0 Å². The summed E-state index contributed by atoms with van der Waals surface area (Å²) in [7, 11) is 0. The lowest BCUT2D eigenvalue weighted by molar-refractivity contribution is 0.0908. The fraction of sp³-hybridized carbons (Fsp3) is 0.333. The van der Waals surface area contributed by atoms with Crippen molar-refractivity contribution in [1.82, 2.24) is 9.55 Å². The summed E-state index contributed by atoms with van der Waals surface area (Å²) >= 11 is 0. The van der Waals surface area contributed by atoms with Gasteiger partial charge in [-0.05, 0) is 35.1 Å². The molecule has 144 valence electrons. The van der Waals surface area contributed by atoms with Crippen molar-refractivity contribution < 1.29 is 9.90 Å². The molecule has 0 radical (unpaired) electrons. The summed E-state index contributed by atoms with van der Waals surface area (Å²) in [6.45, 7) is 4.82. The van der Waals surface area contributed by atoms with E-state index in [0.29, 0.717) is 19.4 Å². The Morgan fingerprint density at radius 3 is 2.46 bits per heavy atom. The average molecular weight is 374 g/mol. The molecule has 1 aliphatic rings. The SMILES string of the molecule is CC1(C)CC(=O)c2c(Cc3ccccc3)c(-c3ccncc3)n(CCO)c2C1. The Bertz CT molecular complexity index is 988. The Morgan fingerprint density at radius 1 is 1.07 bits per heavy atom. The molecule has 0 amide bonds. The van der Waals surface area contributed by atoms with Crippen LogP contribution in [0.1, 0.15) is 47.4 Å². The number of fused-ring (bicyclic) bond motifs is 1. The summed E-state index contributed by atoms with van der Waals surface area (Å²) in [5.74, 6) is 0.212. The normalized spacial score (nSPS) is 15.5. The molecule has 0 fully saturated rings. The summed E-state index contributed by atoms with van der Waals surface area (Å²) in [6.07, 6.45) is 5.65. The van der Waals surface area contributed by atoms with E-state index in [9.17, 15) is 9.90 Å². The maximum Gasteiger partial charge on any atom is 0.165 e. The summed E-state index contributed by atoms with van der Waals surface area (Å²) in [4.78, 5) is 17.4. The molecule has 0 unspecified atom stereocenters. The Balaban J connectivity index is 1.98. The highest BCUT2D eigenvalue weighted by molar-refractivity contribution is 6.02. The summed E-state index contributed by atoms with van der Waals surface area (Å²) in [6, 6.07) is 14.2. The van der Waals surface area contributed by atoms with Gasteiger partial charge in [-0.25, -0.2) is 0 Å². The van der Waals surface area contributed by atoms with Crippen molar-refractivity contribution in [1.29, 1.82) is 0 Å². The molecule has 28 heavy (non-hydrogen) atoms. The smallest absolute Gasteiger partial charge is 0.165 e. The molecule has 1 N–H and O–H groups in total. The molecule has 0 saturated carbocycles. The lowest BCUT2D eigenvalue weighted by Gasteiger charge is -2.30. The van der Waals surface area contributed by atoms with Crippen molar-refractivity contribution in [3.8, 4) is 11.3 Å². The zero-order valence-corrected chi connectivity index (χ0v) is 16.5. The van der Waals surface area contributed by atoms with Gasteiger partial charge >= 0.3 is 0 Å². The highest BCUT2D eigenvalue weighted by atomic mass is 16.3. The maximum atomic E-state index is 13.2. The molecule has 1 aromatic carbocycles. The number of aliphatic hydroxyl groups excluding tert-OH is 1. The highest BCUT2D eigenvalue weighted by Crippen LogP contribution is 2.42. The van der Waals surface area contributed by atoms with E-state index in [1.54, 1.807) is 12.4 Å². The second-order valence-corrected chi connectivity index (χ2v) is 8.36. The van der Waals surface area contributed by atoms with E-state index in [4.69, 9.17) is 0 Å². The van der Waals surface area contributed by atoms with Crippen LogP contribution in [0.4, 0.5) is 0 Å².